The molecule has 7 rings (SSSR count). The lowest BCUT2D eigenvalue weighted by atomic mass is 10.0. The Hall–Kier alpha value is -5.52. The second-order valence-corrected chi connectivity index (χ2v) is 15.7. The Morgan fingerprint density at radius 1 is 0.500 bits per heavy atom. The fourth-order valence-corrected chi connectivity index (χ4v) is 8.86. The van der Waals surface area contributed by atoms with Gasteiger partial charge >= 0.3 is 23.9 Å². The highest BCUT2D eigenvalue weighted by atomic mass is 16.5. The molecule has 0 radical (unpaired) electrons. The van der Waals surface area contributed by atoms with Crippen LogP contribution in [0, 0.1) is 39.5 Å². The monoisotopic (exact) mass is 792 g/mol. The third kappa shape index (κ3) is 7.98. The van der Waals surface area contributed by atoms with E-state index >= 15 is 0 Å². The van der Waals surface area contributed by atoms with E-state index in [0.29, 0.717) is 52.1 Å². The molecule has 0 amide bonds. The Bertz CT molecular complexity index is 2530. The van der Waals surface area contributed by atoms with Crippen LogP contribution < -0.4 is 21.4 Å². The van der Waals surface area contributed by atoms with Crippen LogP contribution in [0.5, 0.6) is 0 Å². The summed E-state index contributed by atoms with van der Waals surface area (Å²) in [6.07, 6.45) is 11.2. The number of hydrogen-bond donors (Lipinski definition) is 4. The molecule has 308 valence electrons. The lowest BCUT2D eigenvalue weighted by Crippen LogP contribution is -2.14. The first kappa shape index (κ1) is 40.7. The van der Waals surface area contributed by atoms with E-state index in [0.717, 1.165) is 88.7 Å². The lowest BCUT2D eigenvalue weighted by Gasteiger charge is -2.04. The van der Waals surface area contributed by atoms with Crippen LogP contribution in [0.2, 0.25) is 0 Å². The van der Waals surface area contributed by atoms with Crippen LogP contribution >= 0.6 is 0 Å². The van der Waals surface area contributed by atoms with Crippen molar-refractivity contribution in [2.24, 2.45) is 11.8 Å². The van der Waals surface area contributed by atoms with Crippen LogP contribution in [0.1, 0.15) is 132 Å². The summed E-state index contributed by atoms with van der Waals surface area (Å²) in [5.41, 5.74) is 11.8. The molecule has 0 unspecified atom stereocenters. The number of carbonyl (C=O) groups is 4. The van der Waals surface area contributed by atoms with Crippen molar-refractivity contribution in [1.82, 2.24) is 19.9 Å². The van der Waals surface area contributed by atoms with Crippen molar-refractivity contribution < 1.29 is 38.1 Å². The van der Waals surface area contributed by atoms with Crippen molar-refractivity contribution in [2.75, 3.05) is 26.4 Å². The highest BCUT2D eigenvalue weighted by Crippen LogP contribution is 2.51. The predicted molar refractivity (Wildman–Crippen MR) is 220 cm³/mol. The van der Waals surface area contributed by atoms with Crippen LogP contribution in [0.25, 0.3) is 24.3 Å². The lowest BCUT2D eigenvalue weighted by molar-refractivity contribution is -0.145. The zero-order chi connectivity index (χ0) is 41.4. The molecule has 4 aromatic rings. The number of carbonyl (C=O) groups excluding carboxylic acids is 4. The summed E-state index contributed by atoms with van der Waals surface area (Å²) < 4.78 is 21.5. The number of aromatic nitrogens is 4. The number of fused-ring (bicyclic) bond motifs is 8. The van der Waals surface area contributed by atoms with Crippen LogP contribution in [0.4, 0.5) is 0 Å². The summed E-state index contributed by atoms with van der Waals surface area (Å²) in [5.74, 6) is -1.33. The molecule has 3 aliphatic rings. The molecule has 1 aliphatic heterocycles. The minimum atomic E-state index is -0.262. The molecule has 12 heteroatoms. The van der Waals surface area contributed by atoms with E-state index in [2.05, 4.69) is 71.9 Å². The van der Waals surface area contributed by atoms with E-state index in [9.17, 15) is 19.2 Å². The van der Waals surface area contributed by atoms with E-state index in [1.165, 1.54) is 0 Å². The number of rotatable bonds is 14. The second kappa shape index (κ2) is 16.8. The molecule has 5 heterocycles. The highest BCUT2D eigenvalue weighted by molar-refractivity contribution is 5.80. The van der Waals surface area contributed by atoms with Gasteiger partial charge < -0.3 is 38.9 Å². The van der Waals surface area contributed by atoms with Gasteiger partial charge in [0, 0.05) is 68.8 Å². The third-order valence-electron chi connectivity index (χ3n) is 12.1. The van der Waals surface area contributed by atoms with Crippen molar-refractivity contribution in [3.63, 3.8) is 0 Å². The summed E-state index contributed by atoms with van der Waals surface area (Å²) in [6, 6.07) is 0. The van der Waals surface area contributed by atoms with E-state index in [-0.39, 0.29) is 60.4 Å². The smallest absolute Gasteiger partial charge is 0.309 e. The summed E-state index contributed by atoms with van der Waals surface area (Å²) in [6.45, 7) is 16.9. The number of nitrogens with one attached hydrogen (secondary N) is 4. The van der Waals surface area contributed by atoms with Gasteiger partial charge in [-0.25, -0.2) is 0 Å². The van der Waals surface area contributed by atoms with Crippen molar-refractivity contribution in [3.05, 3.63) is 88.7 Å². The van der Waals surface area contributed by atoms with Gasteiger partial charge in [-0.05, 0) is 150 Å². The summed E-state index contributed by atoms with van der Waals surface area (Å²) in [7, 11) is 0. The zero-order valence-corrected chi connectivity index (χ0v) is 35.0. The number of hydrogen-bond acceptors (Lipinski definition) is 8. The number of esters is 4. The third-order valence-corrected chi connectivity index (χ3v) is 12.1. The molecule has 4 atom stereocenters. The summed E-state index contributed by atoms with van der Waals surface area (Å²) in [4.78, 5) is 66.1. The van der Waals surface area contributed by atoms with Gasteiger partial charge in [-0.15, -0.1) is 0 Å². The first-order chi connectivity index (χ1) is 27.9. The van der Waals surface area contributed by atoms with E-state index < -0.39 is 0 Å². The number of aromatic amines is 4. The topological polar surface area (TPSA) is 168 Å². The van der Waals surface area contributed by atoms with Crippen molar-refractivity contribution >= 4 is 48.2 Å². The standard InChI is InChI=1S/C46H56N4O8/c1-9-55-41(51)15-13-27-23(5)33-19-35-25(7)43(29-17-31(29)45(53)57-11-3)40(49-35)21-36-26(8)44(30-18-32(30)46(54)58-12-4)39(50-36)20-34-24(6)28(14-16-42(52)56-10-2)38(48-34)22-37(27)47-33/h19-22,29-32,47-50H,9-18H2,1-8H3/t29-,30-,31+,32+/m1/s1. The normalized spacial score (nSPS) is 18.9. The van der Waals surface area contributed by atoms with Crippen molar-refractivity contribution in [3.8, 4) is 0 Å². The molecule has 0 aromatic carbocycles. The van der Waals surface area contributed by atoms with Gasteiger partial charge in [-0.1, -0.05) is 0 Å². The Morgan fingerprint density at radius 3 is 1.57 bits per heavy atom. The van der Waals surface area contributed by atoms with E-state index in [1.54, 1.807) is 13.8 Å². The molecular formula is C46H56N4O8. The largest absolute Gasteiger partial charge is 0.466 e. The molecule has 2 saturated carbocycles. The highest BCUT2D eigenvalue weighted by Gasteiger charge is 2.48. The van der Waals surface area contributed by atoms with E-state index in [4.69, 9.17) is 18.9 Å². The average molecular weight is 793 g/mol. The Kier molecular flexibility index (Phi) is 11.7. The average Bonchev–Trinajstić information content (AvgIpc) is 4.05. The molecule has 0 spiro atoms. The Labute approximate surface area is 338 Å². The minimum Gasteiger partial charge on any atom is -0.466 e. The number of H-pyrrole nitrogens is 4. The Morgan fingerprint density at radius 2 is 0.966 bits per heavy atom. The van der Waals surface area contributed by atoms with Crippen LogP contribution in [0.3, 0.4) is 0 Å². The molecular weight excluding hydrogens is 737 g/mol. The maximum Gasteiger partial charge on any atom is 0.309 e. The maximum absolute atomic E-state index is 13.0. The fourth-order valence-electron chi connectivity index (χ4n) is 8.86. The van der Waals surface area contributed by atoms with Crippen LogP contribution in [0.15, 0.2) is 0 Å². The molecule has 0 saturated heterocycles. The molecule has 4 N–H and O–H groups in total. The van der Waals surface area contributed by atoms with E-state index in [1.807, 2.05) is 13.8 Å². The zero-order valence-electron chi connectivity index (χ0n) is 35.0. The second-order valence-electron chi connectivity index (χ2n) is 15.7. The molecule has 8 bridgehead atoms. The first-order valence-electron chi connectivity index (χ1n) is 20.8. The van der Waals surface area contributed by atoms with Gasteiger partial charge in [0.1, 0.15) is 0 Å². The van der Waals surface area contributed by atoms with Crippen LogP contribution in [-0.4, -0.2) is 70.2 Å². The van der Waals surface area contributed by atoms with Gasteiger partial charge in [0.15, 0.2) is 0 Å². The summed E-state index contributed by atoms with van der Waals surface area (Å²) >= 11 is 0. The molecule has 2 aliphatic carbocycles. The van der Waals surface area contributed by atoms with Gasteiger partial charge in [0.05, 0.1) is 38.3 Å². The van der Waals surface area contributed by atoms with Crippen molar-refractivity contribution in [1.29, 1.82) is 0 Å². The molecule has 4 aromatic heterocycles. The van der Waals surface area contributed by atoms with Gasteiger partial charge in [0.2, 0.25) is 0 Å². The van der Waals surface area contributed by atoms with Gasteiger partial charge in [0.25, 0.3) is 0 Å². The van der Waals surface area contributed by atoms with Crippen molar-refractivity contribution in [2.45, 2.75) is 106 Å². The minimum absolute atomic E-state index is 0.00431. The van der Waals surface area contributed by atoms with Gasteiger partial charge in [-0.2, -0.15) is 0 Å². The number of ether oxygens (including phenoxy) is 4. The Balaban J connectivity index is 1.49. The molecule has 2 fully saturated rings. The SMILES string of the molecule is CCOC(=O)CCc1c2[nH]c(c1C)C=c1[nH]c(c([C@@H]3C[C@@H]3C(=O)OCC)c1C)=Cc1[nH]c(c([C@@H]3C[C@@H]3C(=O)OCC)c1C)C=c1[nH]c(c(CCC(=O)OCC)c1C)=C2. The maximum atomic E-state index is 13.0. The molecule has 58 heavy (non-hydrogen) atoms. The first-order valence-corrected chi connectivity index (χ1v) is 20.8. The summed E-state index contributed by atoms with van der Waals surface area (Å²) in [5, 5.41) is 3.53. The quantitative estimate of drug-likeness (QED) is 0.0960. The fraction of sp³-hybridized carbons (Fsp3) is 0.478. The van der Waals surface area contributed by atoms with Gasteiger partial charge in [-0.3, -0.25) is 19.2 Å². The molecule has 12 nitrogen and oxygen atoms in total. The predicted octanol–water partition coefficient (Wildman–Crippen LogP) is 4.19. The van der Waals surface area contributed by atoms with Crippen LogP contribution in [-0.2, 0) is 51.0 Å².